The molecule has 0 amide bonds. The summed E-state index contributed by atoms with van der Waals surface area (Å²) in [5.41, 5.74) is 2.08. The molecule has 0 aliphatic carbocycles. The van der Waals surface area contributed by atoms with Gasteiger partial charge in [-0.1, -0.05) is 35.3 Å². The van der Waals surface area contributed by atoms with E-state index < -0.39 is 0 Å². The molecule has 3 nitrogen and oxygen atoms in total. The van der Waals surface area contributed by atoms with Crippen LogP contribution in [0.2, 0.25) is 10.0 Å². The van der Waals surface area contributed by atoms with Crippen LogP contribution in [0.25, 0.3) is 0 Å². The average Bonchev–Trinajstić information content (AvgIpc) is 2.51. The zero-order valence-corrected chi connectivity index (χ0v) is 16.0. The molecule has 0 saturated heterocycles. The van der Waals surface area contributed by atoms with Crippen LogP contribution in [0.3, 0.4) is 0 Å². The lowest BCUT2D eigenvalue weighted by Crippen LogP contribution is -2.35. The second-order valence-electron chi connectivity index (χ2n) is 6.61. The third-order valence-electron chi connectivity index (χ3n) is 3.45. The molecule has 0 fully saturated rings. The van der Waals surface area contributed by atoms with Crippen LogP contribution in [0.5, 0.6) is 11.5 Å². The number of hydrogen-bond acceptors (Lipinski definition) is 3. The number of halogens is 2. The van der Waals surface area contributed by atoms with Gasteiger partial charge < -0.3 is 14.8 Å². The summed E-state index contributed by atoms with van der Waals surface area (Å²) < 4.78 is 11.3. The first-order chi connectivity index (χ1) is 11.3. The summed E-state index contributed by atoms with van der Waals surface area (Å²) in [7, 11) is 1.64. The maximum absolute atomic E-state index is 6.17. The highest BCUT2D eigenvalue weighted by Gasteiger charge is 2.11. The van der Waals surface area contributed by atoms with Gasteiger partial charge in [0.25, 0.3) is 0 Å². The van der Waals surface area contributed by atoms with Crippen molar-refractivity contribution in [3.8, 4) is 11.5 Å². The van der Waals surface area contributed by atoms with Gasteiger partial charge in [0, 0.05) is 27.7 Å². The molecule has 1 N–H and O–H groups in total. The van der Waals surface area contributed by atoms with Gasteiger partial charge in [-0.05, 0) is 50.6 Å². The highest BCUT2D eigenvalue weighted by molar-refractivity contribution is 6.35. The minimum Gasteiger partial charge on any atom is -0.493 e. The molecule has 0 spiro atoms. The number of hydrogen-bond donors (Lipinski definition) is 1. The van der Waals surface area contributed by atoms with E-state index in [2.05, 4.69) is 26.1 Å². The van der Waals surface area contributed by atoms with Crippen molar-refractivity contribution < 1.29 is 9.47 Å². The third-order valence-corrected chi connectivity index (χ3v) is 4.04. The molecule has 2 aromatic carbocycles. The number of nitrogens with one attached hydrogen (secondary N) is 1. The van der Waals surface area contributed by atoms with Crippen LogP contribution < -0.4 is 14.8 Å². The summed E-state index contributed by atoms with van der Waals surface area (Å²) in [6.45, 7) is 7.53. The van der Waals surface area contributed by atoms with E-state index in [-0.39, 0.29) is 5.54 Å². The fourth-order valence-electron chi connectivity index (χ4n) is 2.10. The lowest BCUT2D eigenvalue weighted by molar-refractivity contribution is 0.284. The molecule has 0 radical (unpaired) electrons. The maximum Gasteiger partial charge on any atom is 0.161 e. The smallest absolute Gasteiger partial charge is 0.161 e. The van der Waals surface area contributed by atoms with E-state index in [1.165, 1.54) is 0 Å². The topological polar surface area (TPSA) is 30.5 Å². The van der Waals surface area contributed by atoms with Crippen LogP contribution >= 0.6 is 23.2 Å². The molecule has 0 bridgehead atoms. The van der Waals surface area contributed by atoms with E-state index in [1.54, 1.807) is 19.2 Å². The number of rotatable bonds is 6. The number of ether oxygens (including phenoxy) is 2. The molecule has 0 unspecified atom stereocenters. The molecule has 0 aromatic heterocycles. The Hall–Kier alpha value is -1.42. The minimum atomic E-state index is 0.0632. The van der Waals surface area contributed by atoms with E-state index >= 15 is 0 Å². The number of benzene rings is 2. The first-order valence-electron chi connectivity index (χ1n) is 7.77. The van der Waals surface area contributed by atoms with Crippen molar-refractivity contribution >= 4 is 23.2 Å². The second kappa shape index (κ2) is 8.11. The summed E-state index contributed by atoms with van der Waals surface area (Å²) in [6, 6.07) is 11.3. The van der Waals surface area contributed by atoms with E-state index in [0.717, 1.165) is 17.7 Å². The monoisotopic (exact) mass is 367 g/mol. The molecule has 130 valence electrons. The fourth-order valence-corrected chi connectivity index (χ4v) is 2.57. The maximum atomic E-state index is 6.17. The molecule has 0 aliphatic rings. The van der Waals surface area contributed by atoms with Gasteiger partial charge in [0.15, 0.2) is 11.5 Å². The molecular weight excluding hydrogens is 345 g/mol. The van der Waals surface area contributed by atoms with Crippen LogP contribution in [-0.2, 0) is 13.2 Å². The molecule has 0 aliphatic heterocycles. The van der Waals surface area contributed by atoms with Gasteiger partial charge in [0.05, 0.1) is 7.11 Å². The predicted octanol–water partition coefficient (Wildman–Crippen LogP) is 5.47. The fraction of sp³-hybridized carbons (Fsp3) is 0.368. The molecule has 0 atom stereocenters. The van der Waals surface area contributed by atoms with Crippen LogP contribution in [0, 0.1) is 0 Å². The Morgan fingerprint density at radius 3 is 2.38 bits per heavy atom. The van der Waals surface area contributed by atoms with Crippen molar-refractivity contribution in [3.05, 3.63) is 57.6 Å². The van der Waals surface area contributed by atoms with E-state index in [4.69, 9.17) is 32.7 Å². The highest BCUT2D eigenvalue weighted by Crippen LogP contribution is 2.30. The molecule has 2 aromatic rings. The standard InChI is InChI=1S/C19H23Cl2NO2/c1-19(2,3)22-11-13-5-8-17(18(9-13)23-4)24-12-14-6-7-15(20)10-16(14)21/h5-10,22H,11-12H2,1-4H3. The van der Waals surface area contributed by atoms with E-state index in [0.29, 0.717) is 28.2 Å². The summed E-state index contributed by atoms with van der Waals surface area (Å²) in [5, 5.41) is 4.65. The van der Waals surface area contributed by atoms with E-state index in [1.807, 2.05) is 24.3 Å². The summed E-state index contributed by atoms with van der Waals surface area (Å²) in [6.07, 6.45) is 0. The van der Waals surface area contributed by atoms with Crippen molar-refractivity contribution in [1.29, 1.82) is 0 Å². The lowest BCUT2D eigenvalue weighted by atomic mass is 10.1. The average molecular weight is 368 g/mol. The minimum absolute atomic E-state index is 0.0632. The Balaban J connectivity index is 2.07. The number of methoxy groups -OCH3 is 1. The zero-order chi connectivity index (χ0) is 17.7. The Kier molecular flexibility index (Phi) is 6.39. The van der Waals surface area contributed by atoms with Gasteiger partial charge in [-0.3, -0.25) is 0 Å². The van der Waals surface area contributed by atoms with Gasteiger partial charge in [0.1, 0.15) is 6.61 Å². The first-order valence-corrected chi connectivity index (χ1v) is 8.53. The molecule has 24 heavy (non-hydrogen) atoms. The van der Waals surface area contributed by atoms with Gasteiger partial charge in [-0.25, -0.2) is 0 Å². The van der Waals surface area contributed by atoms with Crippen molar-refractivity contribution in [2.45, 2.75) is 39.5 Å². The molecule has 0 heterocycles. The van der Waals surface area contributed by atoms with Crippen LogP contribution in [0.1, 0.15) is 31.9 Å². The van der Waals surface area contributed by atoms with Gasteiger partial charge in [-0.2, -0.15) is 0 Å². The van der Waals surface area contributed by atoms with Crippen LogP contribution in [0.15, 0.2) is 36.4 Å². The normalized spacial score (nSPS) is 11.4. The molecular formula is C19H23Cl2NO2. The Morgan fingerprint density at radius 2 is 1.75 bits per heavy atom. The Morgan fingerprint density at radius 1 is 1.00 bits per heavy atom. The predicted molar refractivity (Wildman–Crippen MR) is 100 cm³/mol. The molecule has 5 heteroatoms. The van der Waals surface area contributed by atoms with Gasteiger partial charge >= 0.3 is 0 Å². The second-order valence-corrected chi connectivity index (χ2v) is 7.46. The SMILES string of the molecule is COc1cc(CNC(C)(C)C)ccc1OCc1ccc(Cl)cc1Cl. The molecule has 2 rings (SSSR count). The zero-order valence-electron chi connectivity index (χ0n) is 14.5. The van der Waals surface area contributed by atoms with Crippen LogP contribution in [-0.4, -0.2) is 12.6 Å². The third kappa shape index (κ3) is 5.59. The van der Waals surface area contributed by atoms with Crippen molar-refractivity contribution in [2.24, 2.45) is 0 Å². The van der Waals surface area contributed by atoms with Gasteiger partial charge in [-0.15, -0.1) is 0 Å². The lowest BCUT2D eigenvalue weighted by Gasteiger charge is -2.21. The highest BCUT2D eigenvalue weighted by atomic mass is 35.5. The van der Waals surface area contributed by atoms with Crippen molar-refractivity contribution in [3.63, 3.8) is 0 Å². The summed E-state index contributed by atoms with van der Waals surface area (Å²) in [5.74, 6) is 1.39. The van der Waals surface area contributed by atoms with Crippen molar-refractivity contribution in [2.75, 3.05) is 7.11 Å². The van der Waals surface area contributed by atoms with Crippen molar-refractivity contribution in [1.82, 2.24) is 5.32 Å². The summed E-state index contributed by atoms with van der Waals surface area (Å²) >= 11 is 12.1. The largest absolute Gasteiger partial charge is 0.493 e. The quantitative estimate of drug-likeness (QED) is 0.734. The van der Waals surface area contributed by atoms with Gasteiger partial charge in [0.2, 0.25) is 0 Å². The molecule has 0 saturated carbocycles. The van der Waals surface area contributed by atoms with E-state index in [9.17, 15) is 0 Å². The Bertz CT molecular complexity index is 696. The summed E-state index contributed by atoms with van der Waals surface area (Å²) in [4.78, 5) is 0. The Labute approximate surface area is 153 Å². The first kappa shape index (κ1) is 18.9. The van der Waals surface area contributed by atoms with Crippen LogP contribution in [0.4, 0.5) is 0 Å².